The second-order valence-corrected chi connectivity index (χ2v) is 25.9. The first-order chi connectivity index (χ1) is 37.0. The summed E-state index contributed by atoms with van der Waals surface area (Å²) in [4.78, 5) is 102. The summed E-state index contributed by atoms with van der Waals surface area (Å²) in [6.45, 7) is 2.57. The number of carbonyl (C=O) groups excluding carboxylic acids is 3. The lowest BCUT2D eigenvalue weighted by Gasteiger charge is -2.30. The van der Waals surface area contributed by atoms with E-state index in [1.54, 1.807) is 0 Å². The molecule has 438 valence electrons. The van der Waals surface area contributed by atoms with Crippen LogP contribution in [0.5, 0.6) is 0 Å². The van der Waals surface area contributed by atoms with Crippen molar-refractivity contribution in [2.75, 3.05) is 37.8 Å². The SMILES string of the molecule is Cc1cc(S(=O)(=O)O)ccc1-n1[nH]c(C)c(N=Nc2cc(S(=O)(=O)O)ccc2C(=O)SCCNC(=O)CCNC(=O)C(O)C(C)(C)COP(=O)(O)OP(=O)(O)OCC2OC(n3cnc4c(N)ncnc43)C(O)C2OP(=O)(O)O)c1=O. The van der Waals surface area contributed by atoms with Gasteiger partial charge >= 0.3 is 23.5 Å². The molecule has 6 rings (SSSR count). The molecule has 41 heteroatoms. The highest BCUT2D eigenvalue weighted by Gasteiger charge is 2.50. The van der Waals surface area contributed by atoms with Crippen molar-refractivity contribution >= 4 is 101 Å². The standard InChI is InChI=1S/C39H50N11O24P3S3/c1-19-13-21(79(64,65)66)6-8-25(19)50-36(55)28(20(2)48-50)47-46-24-14-22(80(67,68)69)5-7-23(24)38(56)78-12-11-41-27(51)9-10-42-35(54)32(53)39(3,4)16-71-77(62,63)74-76(60,61)70-15-26-31(73-75(57,58)59)30(52)37(72-26)49-18-45-29-33(40)43-17-44-34(29)49/h5-8,13-14,17-18,26,30-32,37,48,52-53H,9-12,15-16H2,1-4H3,(H,41,51)(H,42,54)(H,60,61)(H,62,63)(H2,40,43,44)(H2,57,58,59)(H,64,65,66)(H,67,68,69). The van der Waals surface area contributed by atoms with Crippen LogP contribution in [0.3, 0.4) is 0 Å². The summed E-state index contributed by atoms with van der Waals surface area (Å²) in [6.07, 6.45) is -7.53. The highest BCUT2D eigenvalue weighted by molar-refractivity contribution is 8.14. The fraction of sp³-hybridized carbons (Fsp3) is 0.410. The van der Waals surface area contributed by atoms with Gasteiger partial charge in [-0.25, -0.2) is 33.3 Å². The molecule has 2 amide bonds. The number of anilines is 1. The maximum atomic E-state index is 13.4. The number of aromatic amines is 1. The number of imidazole rings is 1. The summed E-state index contributed by atoms with van der Waals surface area (Å²) in [6, 6.07) is 6.19. The van der Waals surface area contributed by atoms with Crippen LogP contribution in [-0.2, 0) is 66.1 Å². The number of phosphoric ester groups is 3. The van der Waals surface area contributed by atoms with Crippen LogP contribution in [-0.4, -0.2) is 158 Å². The van der Waals surface area contributed by atoms with E-state index in [0.717, 1.165) is 52.2 Å². The predicted molar refractivity (Wildman–Crippen MR) is 273 cm³/mol. The highest BCUT2D eigenvalue weighted by atomic mass is 32.2. The number of nitrogens with one attached hydrogen (secondary N) is 3. The van der Waals surface area contributed by atoms with Crippen LogP contribution in [0.15, 0.2) is 73.9 Å². The molecule has 1 fully saturated rings. The minimum Gasteiger partial charge on any atom is -0.386 e. The number of azo groups is 1. The molecule has 13 N–H and O–H groups in total. The zero-order valence-electron chi connectivity index (χ0n) is 41.6. The van der Waals surface area contributed by atoms with Crippen molar-refractivity contribution in [1.82, 2.24) is 39.9 Å². The number of nitrogens with two attached hydrogens (primary N) is 1. The van der Waals surface area contributed by atoms with Crippen molar-refractivity contribution in [3.8, 4) is 5.69 Å². The van der Waals surface area contributed by atoms with Crippen molar-refractivity contribution in [2.24, 2.45) is 15.6 Å². The quantitative estimate of drug-likeness (QED) is 0.0168. The number of thioether (sulfide) groups is 1. The molecule has 0 saturated carbocycles. The number of ether oxygens (including phenoxy) is 1. The number of nitrogens with zero attached hydrogens (tertiary/aromatic N) is 7. The molecule has 2 aromatic carbocycles. The number of H-pyrrole nitrogens is 1. The molecule has 5 aromatic rings. The van der Waals surface area contributed by atoms with Gasteiger partial charge in [-0.3, -0.25) is 51.5 Å². The van der Waals surface area contributed by atoms with Crippen LogP contribution >= 0.6 is 35.2 Å². The molecule has 1 aliphatic rings. The molecule has 35 nitrogen and oxygen atoms in total. The largest absolute Gasteiger partial charge is 0.481 e. The lowest BCUT2D eigenvalue weighted by Crippen LogP contribution is -2.46. The summed E-state index contributed by atoms with van der Waals surface area (Å²) < 4.78 is 130. The molecule has 0 bridgehead atoms. The van der Waals surface area contributed by atoms with E-state index < -0.39 is 131 Å². The van der Waals surface area contributed by atoms with Crippen LogP contribution in [0.25, 0.3) is 16.9 Å². The number of phosphoric acid groups is 3. The van der Waals surface area contributed by atoms with E-state index in [1.165, 1.54) is 33.8 Å². The molecular weight excluding hydrogens is 1200 g/mol. The Labute approximate surface area is 455 Å². The van der Waals surface area contributed by atoms with Gasteiger partial charge < -0.3 is 50.9 Å². The Hall–Kier alpha value is -5.57. The number of hydrogen-bond donors (Lipinski definition) is 12. The summed E-state index contributed by atoms with van der Waals surface area (Å²) >= 11 is 0.638. The number of carbonyl (C=O) groups is 3. The minimum absolute atomic E-state index is 0.00786. The molecule has 4 heterocycles. The smallest absolute Gasteiger partial charge is 0.386 e. The third-order valence-electron chi connectivity index (χ3n) is 11.2. The Bertz CT molecular complexity index is 3670. The van der Waals surface area contributed by atoms with Gasteiger partial charge in [0.05, 0.1) is 52.0 Å². The van der Waals surface area contributed by atoms with Gasteiger partial charge in [-0.1, -0.05) is 25.6 Å². The van der Waals surface area contributed by atoms with Crippen LogP contribution in [0.4, 0.5) is 17.2 Å². The predicted octanol–water partition coefficient (Wildman–Crippen LogP) is 0.983. The fourth-order valence-corrected chi connectivity index (χ4v) is 11.9. The van der Waals surface area contributed by atoms with Crippen molar-refractivity contribution in [3.63, 3.8) is 0 Å². The molecule has 0 aliphatic carbocycles. The highest BCUT2D eigenvalue weighted by Crippen LogP contribution is 2.61. The van der Waals surface area contributed by atoms with Crippen LogP contribution in [0.1, 0.15) is 48.1 Å². The molecular formula is C39H50N11O24P3S3. The van der Waals surface area contributed by atoms with Gasteiger partial charge in [-0.15, -0.1) is 10.2 Å². The van der Waals surface area contributed by atoms with E-state index in [-0.39, 0.29) is 70.4 Å². The average molecular weight is 1250 g/mol. The van der Waals surface area contributed by atoms with Gasteiger partial charge in [-0.2, -0.15) is 21.1 Å². The van der Waals surface area contributed by atoms with Crippen molar-refractivity contribution in [3.05, 3.63) is 76.2 Å². The van der Waals surface area contributed by atoms with Crippen LogP contribution in [0.2, 0.25) is 0 Å². The summed E-state index contributed by atoms with van der Waals surface area (Å²) in [5, 5.41) is 36.3. The van der Waals surface area contributed by atoms with Gasteiger partial charge in [-0.05, 0) is 55.8 Å². The first-order valence-electron chi connectivity index (χ1n) is 22.5. The molecule has 3 aromatic heterocycles. The van der Waals surface area contributed by atoms with E-state index in [9.17, 15) is 88.6 Å². The number of amides is 2. The zero-order chi connectivity index (χ0) is 59.5. The molecule has 1 aliphatic heterocycles. The Morgan fingerprint density at radius 2 is 1.59 bits per heavy atom. The van der Waals surface area contributed by atoms with Gasteiger partial charge in [0, 0.05) is 30.7 Å². The number of aromatic nitrogens is 6. The molecule has 7 atom stereocenters. The molecule has 7 unspecified atom stereocenters. The first kappa shape index (κ1) is 63.6. The van der Waals surface area contributed by atoms with E-state index in [0.29, 0.717) is 11.8 Å². The zero-order valence-corrected chi connectivity index (χ0v) is 46.8. The first-order valence-corrected chi connectivity index (χ1v) is 30.9. The topological polar surface area (TPSA) is 535 Å². The monoisotopic (exact) mass is 1250 g/mol. The number of aliphatic hydroxyl groups excluding tert-OH is 2. The Kier molecular flexibility index (Phi) is 19.8. The molecule has 80 heavy (non-hydrogen) atoms. The van der Waals surface area contributed by atoms with Crippen molar-refractivity contribution in [1.29, 1.82) is 0 Å². The van der Waals surface area contributed by atoms with Gasteiger partial charge in [0.1, 0.15) is 36.3 Å². The van der Waals surface area contributed by atoms with E-state index in [1.807, 2.05) is 0 Å². The number of hydrogen-bond acceptors (Lipinski definition) is 25. The van der Waals surface area contributed by atoms with E-state index >= 15 is 0 Å². The number of fused-ring (bicyclic) bond motifs is 1. The number of rotatable bonds is 25. The molecule has 1 saturated heterocycles. The van der Waals surface area contributed by atoms with Crippen LogP contribution < -0.4 is 21.9 Å². The van der Waals surface area contributed by atoms with Gasteiger partial charge in [0.15, 0.2) is 23.4 Å². The Morgan fingerprint density at radius 1 is 0.938 bits per heavy atom. The fourth-order valence-electron chi connectivity index (χ4n) is 7.25. The summed E-state index contributed by atoms with van der Waals surface area (Å²) in [5.74, 6) is -1.91. The number of aryl methyl sites for hydroxylation is 2. The maximum Gasteiger partial charge on any atom is 0.481 e. The van der Waals surface area contributed by atoms with Crippen molar-refractivity contribution in [2.45, 2.75) is 74.6 Å². The van der Waals surface area contributed by atoms with E-state index in [4.69, 9.17) is 19.5 Å². The summed E-state index contributed by atoms with van der Waals surface area (Å²) in [5.41, 5.74) is 2.91. The van der Waals surface area contributed by atoms with Crippen LogP contribution in [0, 0.1) is 19.3 Å². The number of benzene rings is 2. The number of nitrogen functional groups attached to an aromatic ring is 1. The van der Waals surface area contributed by atoms with Gasteiger partial charge in [0.2, 0.25) is 16.9 Å². The van der Waals surface area contributed by atoms with E-state index in [2.05, 4.69) is 49.7 Å². The minimum atomic E-state index is -5.67. The maximum absolute atomic E-state index is 13.4. The van der Waals surface area contributed by atoms with Crippen molar-refractivity contribution < 1.29 is 106 Å². The van der Waals surface area contributed by atoms with Gasteiger partial charge in [0.25, 0.3) is 25.8 Å². The number of aliphatic hydroxyl groups is 2. The Balaban J connectivity index is 0.961. The Morgan fingerprint density at radius 3 is 2.24 bits per heavy atom. The molecule has 0 radical (unpaired) electrons. The lowest BCUT2D eigenvalue weighted by molar-refractivity contribution is -0.137. The molecule has 0 spiro atoms. The second kappa shape index (κ2) is 24.9. The normalized spacial score (nSPS) is 19.2. The second-order valence-electron chi connectivity index (χ2n) is 17.7. The summed E-state index contributed by atoms with van der Waals surface area (Å²) in [7, 11) is -26.0. The average Bonchev–Trinajstić information content (AvgIpc) is 4.00. The third kappa shape index (κ3) is 16.1. The lowest BCUT2D eigenvalue weighted by atomic mass is 9.87. The third-order valence-corrected chi connectivity index (χ3v) is 16.9.